The molecule has 1 atom stereocenters. The molecule has 0 fully saturated rings. The summed E-state index contributed by atoms with van der Waals surface area (Å²) >= 11 is 1.86. The highest BCUT2D eigenvalue weighted by Crippen LogP contribution is 2.19. The molecule has 4 heteroatoms. The number of thioether (sulfide) groups is 1. The van der Waals surface area contributed by atoms with Crippen LogP contribution in [0, 0.1) is 0 Å². The van der Waals surface area contributed by atoms with Gasteiger partial charge in [0.15, 0.2) is 0 Å². The van der Waals surface area contributed by atoms with E-state index in [1.54, 1.807) is 0 Å². The summed E-state index contributed by atoms with van der Waals surface area (Å²) in [6.07, 6.45) is 4.87. The molecule has 0 aliphatic rings. The molecule has 1 unspecified atom stereocenters. The summed E-state index contributed by atoms with van der Waals surface area (Å²) in [7, 11) is 0. The third-order valence-electron chi connectivity index (χ3n) is 2.08. The monoisotopic (exact) mass is 214 g/mol. The molecule has 0 saturated heterocycles. The van der Waals surface area contributed by atoms with Crippen LogP contribution in [-0.4, -0.2) is 26.7 Å². The van der Waals surface area contributed by atoms with E-state index < -0.39 is 0 Å². The second kappa shape index (κ2) is 6.09. The largest absolute Gasteiger partial charge is 0.396 e. The number of aromatic nitrogens is 2. The van der Waals surface area contributed by atoms with Gasteiger partial charge in [-0.25, -0.2) is 0 Å². The number of nitrogens with zero attached hydrogens (tertiary/aromatic N) is 2. The summed E-state index contributed by atoms with van der Waals surface area (Å²) < 4.78 is 1.94. The number of rotatable bonds is 6. The van der Waals surface area contributed by atoms with Gasteiger partial charge in [0.05, 0.1) is 6.20 Å². The first-order chi connectivity index (χ1) is 6.76. The van der Waals surface area contributed by atoms with Gasteiger partial charge in [-0.15, -0.1) is 0 Å². The van der Waals surface area contributed by atoms with Crippen LogP contribution in [0.3, 0.4) is 0 Å². The topological polar surface area (TPSA) is 38.0 Å². The molecule has 0 amide bonds. The lowest BCUT2D eigenvalue weighted by molar-refractivity contribution is 0.289. The molecule has 0 spiro atoms. The van der Waals surface area contributed by atoms with Crippen LogP contribution in [0.1, 0.15) is 25.8 Å². The lowest BCUT2D eigenvalue weighted by Crippen LogP contribution is -1.99. The van der Waals surface area contributed by atoms with Gasteiger partial charge in [-0.2, -0.15) is 16.9 Å². The van der Waals surface area contributed by atoms with E-state index >= 15 is 0 Å². The number of aliphatic hydroxyl groups excluding tert-OH is 1. The van der Waals surface area contributed by atoms with Crippen molar-refractivity contribution in [2.24, 2.45) is 0 Å². The summed E-state index contributed by atoms with van der Waals surface area (Å²) in [6.45, 7) is 5.43. The second-order valence-corrected chi connectivity index (χ2v) is 4.76. The highest BCUT2D eigenvalue weighted by atomic mass is 32.2. The van der Waals surface area contributed by atoms with Crippen LogP contribution in [-0.2, 0) is 12.3 Å². The zero-order chi connectivity index (χ0) is 10.4. The van der Waals surface area contributed by atoms with Gasteiger partial charge in [0, 0.05) is 30.4 Å². The molecule has 1 N–H and O–H groups in total. The van der Waals surface area contributed by atoms with Gasteiger partial charge < -0.3 is 5.11 Å². The minimum absolute atomic E-state index is 0.280. The van der Waals surface area contributed by atoms with Crippen molar-refractivity contribution in [1.29, 1.82) is 0 Å². The van der Waals surface area contributed by atoms with Crippen molar-refractivity contribution in [1.82, 2.24) is 9.78 Å². The van der Waals surface area contributed by atoms with Crippen molar-refractivity contribution in [3.63, 3.8) is 0 Å². The van der Waals surface area contributed by atoms with E-state index in [0.717, 1.165) is 18.7 Å². The van der Waals surface area contributed by atoms with Crippen molar-refractivity contribution >= 4 is 11.8 Å². The number of hydrogen-bond donors (Lipinski definition) is 1. The molecular weight excluding hydrogens is 196 g/mol. The smallest absolute Gasteiger partial charge is 0.0530 e. The molecule has 0 bridgehead atoms. The van der Waals surface area contributed by atoms with Crippen LogP contribution < -0.4 is 0 Å². The first-order valence-corrected chi connectivity index (χ1v) is 6.05. The molecule has 0 radical (unpaired) electrons. The fourth-order valence-electron chi connectivity index (χ4n) is 1.16. The van der Waals surface area contributed by atoms with E-state index in [0.29, 0.717) is 5.25 Å². The number of aryl methyl sites for hydroxylation is 1. The molecular formula is C10H18N2OS. The molecule has 0 saturated carbocycles. The standard InChI is InChI=1S/C10H18N2OS/c1-3-12-7-10(6-11-12)8-14-9(2)4-5-13/h6-7,9,13H,3-5,8H2,1-2H3. The Kier molecular flexibility index (Phi) is 5.04. The molecule has 3 nitrogen and oxygen atoms in total. The first kappa shape index (κ1) is 11.6. The normalized spacial score (nSPS) is 13.1. The van der Waals surface area contributed by atoms with Gasteiger partial charge in [0.2, 0.25) is 0 Å². The lowest BCUT2D eigenvalue weighted by Gasteiger charge is -2.07. The Morgan fingerprint density at radius 2 is 2.43 bits per heavy atom. The van der Waals surface area contributed by atoms with Crippen LogP contribution in [0.4, 0.5) is 0 Å². The van der Waals surface area contributed by atoms with E-state index in [2.05, 4.69) is 25.1 Å². The van der Waals surface area contributed by atoms with Gasteiger partial charge >= 0.3 is 0 Å². The van der Waals surface area contributed by atoms with Crippen LogP contribution in [0.25, 0.3) is 0 Å². The molecule has 1 rings (SSSR count). The fraction of sp³-hybridized carbons (Fsp3) is 0.700. The van der Waals surface area contributed by atoms with Crippen molar-refractivity contribution in [3.8, 4) is 0 Å². The molecule has 1 aromatic rings. The van der Waals surface area contributed by atoms with Gasteiger partial charge in [-0.05, 0) is 18.9 Å². The predicted molar refractivity (Wildman–Crippen MR) is 60.4 cm³/mol. The highest BCUT2D eigenvalue weighted by molar-refractivity contribution is 7.99. The maximum atomic E-state index is 8.75. The van der Waals surface area contributed by atoms with Crippen LogP contribution in [0.15, 0.2) is 12.4 Å². The Morgan fingerprint density at radius 1 is 1.64 bits per heavy atom. The van der Waals surface area contributed by atoms with Gasteiger partial charge in [0.1, 0.15) is 0 Å². The van der Waals surface area contributed by atoms with Crippen LogP contribution in [0.5, 0.6) is 0 Å². The SMILES string of the molecule is CCn1cc(CSC(C)CCO)cn1. The summed E-state index contributed by atoms with van der Waals surface area (Å²) in [4.78, 5) is 0. The number of aliphatic hydroxyl groups is 1. The Balaban J connectivity index is 2.30. The van der Waals surface area contributed by atoms with Crippen molar-refractivity contribution < 1.29 is 5.11 Å². The molecule has 14 heavy (non-hydrogen) atoms. The van der Waals surface area contributed by atoms with Gasteiger partial charge in [0.25, 0.3) is 0 Å². The fourth-order valence-corrected chi connectivity index (χ4v) is 2.06. The van der Waals surface area contributed by atoms with Crippen molar-refractivity contribution in [2.75, 3.05) is 6.61 Å². The first-order valence-electron chi connectivity index (χ1n) is 5.00. The third-order valence-corrected chi connectivity index (χ3v) is 3.39. The minimum Gasteiger partial charge on any atom is -0.396 e. The van der Waals surface area contributed by atoms with Crippen molar-refractivity contribution in [3.05, 3.63) is 18.0 Å². The molecule has 1 aromatic heterocycles. The quantitative estimate of drug-likeness (QED) is 0.786. The van der Waals surface area contributed by atoms with Gasteiger partial charge in [-0.3, -0.25) is 4.68 Å². The molecule has 80 valence electrons. The minimum atomic E-state index is 0.280. The maximum absolute atomic E-state index is 8.75. The van der Waals surface area contributed by atoms with E-state index in [1.165, 1.54) is 5.56 Å². The summed E-state index contributed by atoms with van der Waals surface area (Å²) in [5.74, 6) is 0.987. The summed E-state index contributed by atoms with van der Waals surface area (Å²) in [5, 5.41) is 13.5. The molecule has 1 heterocycles. The predicted octanol–water partition coefficient (Wildman–Crippen LogP) is 1.91. The van der Waals surface area contributed by atoms with Crippen LogP contribution >= 0.6 is 11.8 Å². The maximum Gasteiger partial charge on any atom is 0.0530 e. The Hall–Kier alpha value is -0.480. The van der Waals surface area contributed by atoms with E-state index in [9.17, 15) is 0 Å². The zero-order valence-corrected chi connectivity index (χ0v) is 9.63. The Labute approximate surface area is 89.5 Å². The van der Waals surface area contributed by atoms with E-state index in [4.69, 9.17) is 5.11 Å². The van der Waals surface area contributed by atoms with Crippen LogP contribution in [0.2, 0.25) is 0 Å². The zero-order valence-electron chi connectivity index (χ0n) is 8.81. The van der Waals surface area contributed by atoms with Gasteiger partial charge in [-0.1, -0.05) is 6.92 Å². The molecule has 0 aliphatic heterocycles. The number of hydrogen-bond acceptors (Lipinski definition) is 3. The average Bonchev–Trinajstić information content (AvgIpc) is 2.63. The third kappa shape index (κ3) is 3.72. The molecule has 0 aliphatic carbocycles. The summed E-state index contributed by atoms with van der Waals surface area (Å²) in [6, 6.07) is 0. The van der Waals surface area contributed by atoms with E-state index in [-0.39, 0.29) is 6.61 Å². The average molecular weight is 214 g/mol. The molecule has 0 aromatic carbocycles. The van der Waals surface area contributed by atoms with E-state index in [1.807, 2.05) is 22.6 Å². The summed E-state index contributed by atoms with van der Waals surface area (Å²) in [5.41, 5.74) is 1.27. The second-order valence-electron chi connectivity index (χ2n) is 3.34. The Bertz CT molecular complexity index is 262. The lowest BCUT2D eigenvalue weighted by atomic mass is 10.3. The highest BCUT2D eigenvalue weighted by Gasteiger charge is 2.03. The van der Waals surface area contributed by atoms with Crippen molar-refractivity contribution in [2.45, 2.75) is 37.8 Å². The Morgan fingerprint density at radius 3 is 3.00 bits per heavy atom.